The van der Waals surface area contributed by atoms with Crippen LogP contribution in [0.15, 0.2) is 18.2 Å². The summed E-state index contributed by atoms with van der Waals surface area (Å²) in [4.78, 5) is 11.8. The van der Waals surface area contributed by atoms with E-state index in [9.17, 15) is 4.79 Å². The van der Waals surface area contributed by atoms with Gasteiger partial charge < -0.3 is 9.47 Å². The summed E-state index contributed by atoms with van der Waals surface area (Å²) in [6.45, 7) is 2.09. The number of carbonyl (C=O) groups is 1. The molecule has 86 valence electrons. The van der Waals surface area contributed by atoms with Gasteiger partial charge in [-0.3, -0.25) is 0 Å². The van der Waals surface area contributed by atoms with Crippen molar-refractivity contribution >= 4 is 5.97 Å². The summed E-state index contributed by atoms with van der Waals surface area (Å²) in [6.07, 6.45) is 2.77. The van der Waals surface area contributed by atoms with Crippen LogP contribution >= 0.6 is 0 Å². The minimum Gasteiger partial charge on any atom is -0.496 e. The van der Waals surface area contributed by atoms with Crippen LogP contribution in [0.4, 0.5) is 0 Å². The summed E-state index contributed by atoms with van der Waals surface area (Å²) in [5, 5.41) is 0. The van der Waals surface area contributed by atoms with Crippen molar-refractivity contribution in [2.45, 2.75) is 32.3 Å². The summed E-state index contributed by atoms with van der Waals surface area (Å²) in [6, 6.07) is 5.68. The average molecular weight is 220 g/mol. The molecule has 1 aliphatic heterocycles. The van der Waals surface area contributed by atoms with Crippen LogP contribution in [0.1, 0.15) is 35.7 Å². The molecule has 0 aliphatic carbocycles. The van der Waals surface area contributed by atoms with E-state index in [1.807, 2.05) is 12.1 Å². The maximum atomic E-state index is 11.8. The Hall–Kier alpha value is -1.51. The van der Waals surface area contributed by atoms with Gasteiger partial charge in [0.05, 0.1) is 7.11 Å². The van der Waals surface area contributed by atoms with Crippen LogP contribution in [0.3, 0.4) is 0 Å². The predicted molar refractivity (Wildman–Crippen MR) is 60.8 cm³/mol. The zero-order valence-corrected chi connectivity index (χ0v) is 9.66. The lowest BCUT2D eigenvalue weighted by Crippen LogP contribution is -2.27. The Balaban J connectivity index is 2.34. The number of esters is 1. The largest absolute Gasteiger partial charge is 0.496 e. The molecule has 0 amide bonds. The molecule has 0 N–H and O–H groups in total. The van der Waals surface area contributed by atoms with Gasteiger partial charge in [-0.05, 0) is 18.1 Å². The zero-order valence-electron chi connectivity index (χ0n) is 9.66. The number of benzene rings is 1. The number of rotatable bonds is 3. The van der Waals surface area contributed by atoms with Crippen molar-refractivity contribution in [3.05, 3.63) is 29.3 Å². The summed E-state index contributed by atoms with van der Waals surface area (Å²) >= 11 is 0. The van der Waals surface area contributed by atoms with E-state index in [0.29, 0.717) is 11.3 Å². The highest BCUT2D eigenvalue weighted by Crippen LogP contribution is 2.29. The van der Waals surface area contributed by atoms with E-state index in [0.717, 1.165) is 24.8 Å². The average Bonchev–Trinajstić information content (AvgIpc) is 2.28. The maximum absolute atomic E-state index is 11.8. The minimum absolute atomic E-state index is 0.0251. The standard InChI is InChI=1S/C13H16O3/c1-3-5-10-8-9-6-4-7-11(15-2)12(9)13(14)16-10/h4,6-7,10H,3,5,8H2,1-2H3/t10-/m1/s1. The van der Waals surface area contributed by atoms with E-state index in [2.05, 4.69) is 6.92 Å². The van der Waals surface area contributed by atoms with Crippen LogP contribution in [-0.4, -0.2) is 19.2 Å². The zero-order chi connectivity index (χ0) is 11.5. The molecule has 0 unspecified atom stereocenters. The smallest absolute Gasteiger partial charge is 0.342 e. The lowest BCUT2D eigenvalue weighted by Gasteiger charge is -2.25. The monoisotopic (exact) mass is 220 g/mol. The third-order valence-electron chi connectivity index (χ3n) is 2.87. The van der Waals surface area contributed by atoms with Gasteiger partial charge in [-0.1, -0.05) is 25.5 Å². The molecule has 0 fully saturated rings. The first-order chi connectivity index (χ1) is 7.76. The van der Waals surface area contributed by atoms with Gasteiger partial charge in [0.25, 0.3) is 0 Å². The lowest BCUT2D eigenvalue weighted by atomic mass is 9.96. The molecule has 0 spiro atoms. The lowest BCUT2D eigenvalue weighted by molar-refractivity contribution is 0.0232. The van der Waals surface area contributed by atoms with E-state index < -0.39 is 0 Å². The number of cyclic esters (lactones) is 1. The van der Waals surface area contributed by atoms with Crippen molar-refractivity contribution < 1.29 is 14.3 Å². The molecule has 3 heteroatoms. The number of ether oxygens (including phenoxy) is 2. The predicted octanol–water partition coefficient (Wildman–Crippen LogP) is 2.58. The summed E-state index contributed by atoms with van der Waals surface area (Å²) in [5.74, 6) is 0.356. The van der Waals surface area contributed by atoms with E-state index in [1.165, 1.54) is 0 Å². The molecule has 1 aromatic rings. The third kappa shape index (κ3) is 1.90. The Bertz CT molecular complexity index is 398. The molecular formula is C13H16O3. The molecular weight excluding hydrogens is 204 g/mol. The number of methoxy groups -OCH3 is 1. The molecule has 1 atom stereocenters. The van der Waals surface area contributed by atoms with Crippen LogP contribution in [0.2, 0.25) is 0 Å². The van der Waals surface area contributed by atoms with Crippen molar-refractivity contribution in [1.82, 2.24) is 0 Å². The fourth-order valence-corrected chi connectivity index (χ4v) is 2.13. The Morgan fingerprint density at radius 3 is 3.00 bits per heavy atom. The second-order valence-electron chi connectivity index (χ2n) is 4.01. The van der Waals surface area contributed by atoms with Gasteiger partial charge in [0.15, 0.2) is 0 Å². The third-order valence-corrected chi connectivity index (χ3v) is 2.87. The van der Waals surface area contributed by atoms with Crippen LogP contribution in [-0.2, 0) is 11.2 Å². The normalized spacial score (nSPS) is 18.9. The fourth-order valence-electron chi connectivity index (χ4n) is 2.13. The van der Waals surface area contributed by atoms with Gasteiger partial charge in [-0.15, -0.1) is 0 Å². The van der Waals surface area contributed by atoms with Crippen LogP contribution < -0.4 is 4.74 Å². The second kappa shape index (κ2) is 4.56. The van der Waals surface area contributed by atoms with Gasteiger partial charge in [-0.2, -0.15) is 0 Å². The van der Waals surface area contributed by atoms with E-state index in [1.54, 1.807) is 13.2 Å². The minimum atomic E-state index is -0.253. The topological polar surface area (TPSA) is 35.5 Å². The van der Waals surface area contributed by atoms with Gasteiger partial charge in [0.1, 0.15) is 17.4 Å². The highest BCUT2D eigenvalue weighted by Gasteiger charge is 2.28. The molecule has 1 heterocycles. The van der Waals surface area contributed by atoms with Crippen molar-refractivity contribution in [2.24, 2.45) is 0 Å². The first-order valence-corrected chi connectivity index (χ1v) is 5.63. The maximum Gasteiger partial charge on any atom is 0.342 e. The first kappa shape index (κ1) is 11.0. The number of carbonyl (C=O) groups excluding carboxylic acids is 1. The van der Waals surface area contributed by atoms with E-state index in [-0.39, 0.29) is 12.1 Å². The Morgan fingerprint density at radius 2 is 2.31 bits per heavy atom. The molecule has 0 bridgehead atoms. The van der Waals surface area contributed by atoms with Crippen LogP contribution in [0, 0.1) is 0 Å². The van der Waals surface area contributed by atoms with E-state index in [4.69, 9.17) is 9.47 Å². The quantitative estimate of drug-likeness (QED) is 0.734. The van der Waals surface area contributed by atoms with Crippen LogP contribution in [0.5, 0.6) is 5.75 Å². The molecule has 0 saturated heterocycles. The molecule has 16 heavy (non-hydrogen) atoms. The molecule has 0 saturated carbocycles. The number of fused-ring (bicyclic) bond motifs is 1. The van der Waals surface area contributed by atoms with Gasteiger partial charge in [0, 0.05) is 6.42 Å². The van der Waals surface area contributed by atoms with Crippen molar-refractivity contribution in [2.75, 3.05) is 7.11 Å². The molecule has 2 rings (SSSR count). The Morgan fingerprint density at radius 1 is 1.50 bits per heavy atom. The van der Waals surface area contributed by atoms with Gasteiger partial charge in [0.2, 0.25) is 0 Å². The summed E-state index contributed by atoms with van der Waals surface area (Å²) < 4.78 is 10.6. The van der Waals surface area contributed by atoms with Gasteiger partial charge >= 0.3 is 5.97 Å². The first-order valence-electron chi connectivity index (χ1n) is 5.63. The van der Waals surface area contributed by atoms with E-state index >= 15 is 0 Å². The summed E-state index contributed by atoms with van der Waals surface area (Å²) in [7, 11) is 1.57. The molecule has 1 aliphatic rings. The van der Waals surface area contributed by atoms with Crippen molar-refractivity contribution in [1.29, 1.82) is 0 Å². The van der Waals surface area contributed by atoms with Crippen molar-refractivity contribution in [3.63, 3.8) is 0 Å². The number of hydrogen-bond acceptors (Lipinski definition) is 3. The number of hydrogen-bond donors (Lipinski definition) is 0. The molecule has 1 aromatic carbocycles. The molecule has 0 radical (unpaired) electrons. The molecule has 3 nitrogen and oxygen atoms in total. The Kier molecular flexibility index (Phi) is 3.13. The molecule has 0 aromatic heterocycles. The van der Waals surface area contributed by atoms with Gasteiger partial charge in [-0.25, -0.2) is 4.79 Å². The Labute approximate surface area is 95.4 Å². The fraction of sp³-hybridized carbons (Fsp3) is 0.462. The highest BCUT2D eigenvalue weighted by atomic mass is 16.5. The SMILES string of the molecule is CCC[C@@H]1Cc2cccc(OC)c2C(=O)O1. The summed E-state index contributed by atoms with van der Waals surface area (Å²) in [5.41, 5.74) is 1.63. The highest BCUT2D eigenvalue weighted by molar-refractivity contribution is 5.95. The van der Waals surface area contributed by atoms with Crippen LogP contribution in [0.25, 0.3) is 0 Å². The second-order valence-corrected chi connectivity index (χ2v) is 4.01. The van der Waals surface area contributed by atoms with Crippen molar-refractivity contribution in [3.8, 4) is 5.75 Å².